The standard InChI is InChI=1S/C18H20N2O4/c1-11(2)7-14-9-16(24-19-14)17(21)20-10-13-6-4-3-5-12(13)8-15(20)18(22)23/h3-6,9,11,15H,7-8,10H2,1-2H3,(H,22,23)/t15-/m1/s1. The van der Waals surface area contributed by atoms with Crippen molar-refractivity contribution < 1.29 is 19.2 Å². The molecule has 6 heteroatoms. The second-order valence-electron chi connectivity index (χ2n) is 6.54. The van der Waals surface area contributed by atoms with Gasteiger partial charge in [-0.3, -0.25) is 4.79 Å². The fourth-order valence-electron chi connectivity index (χ4n) is 3.03. The summed E-state index contributed by atoms with van der Waals surface area (Å²) in [5, 5.41) is 13.4. The van der Waals surface area contributed by atoms with Crippen molar-refractivity contribution >= 4 is 11.9 Å². The Morgan fingerprint density at radius 1 is 1.33 bits per heavy atom. The maximum absolute atomic E-state index is 12.8. The molecule has 0 aliphatic carbocycles. The zero-order chi connectivity index (χ0) is 17.3. The van der Waals surface area contributed by atoms with Crippen LogP contribution in [0.3, 0.4) is 0 Å². The normalized spacial score (nSPS) is 17.0. The first-order valence-corrected chi connectivity index (χ1v) is 8.02. The summed E-state index contributed by atoms with van der Waals surface area (Å²) in [5.41, 5.74) is 2.63. The number of hydrogen-bond acceptors (Lipinski definition) is 4. The Bertz CT molecular complexity index is 766. The van der Waals surface area contributed by atoms with E-state index < -0.39 is 17.9 Å². The van der Waals surface area contributed by atoms with Crippen molar-refractivity contribution in [2.75, 3.05) is 0 Å². The third-order valence-electron chi connectivity index (χ3n) is 4.18. The van der Waals surface area contributed by atoms with E-state index in [0.717, 1.165) is 11.1 Å². The van der Waals surface area contributed by atoms with Gasteiger partial charge in [0, 0.05) is 19.0 Å². The Morgan fingerprint density at radius 2 is 2.04 bits per heavy atom. The molecule has 0 spiro atoms. The predicted octanol–water partition coefficient (Wildman–Crippen LogP) is 2.52. The van der Waals surface area contributed by atoms with E-state index >= 15 is 0 Å². The van der Waals surface area contributed by atoms with Crippen LogP contribution in [0.2, 0.25) is 0 Å². The molecule has 0 saturated heterocycles. The molecule has 24 heavy (non-hydrogen) atoms. The first-order chi connectivity index (χ1) is 11.5. The van der Waals surface area contributed by atoms with Crippen LogP contribution in [0.15, 0.2) is 34.9 Å². The third-order valence-corrected chi connectivity index (χ3v) is 4.18. The molecule has 1 aromatic carbocycles. The number of rotatable bonds is 4. The molecule has 1 atom stereocenters. The number of benzene rings is 1. The molecular formula is C18H20N2O4. The average Bonchev–Trinajstić information content (AvgIpc) is 3.00. The molecule has 6 nitrogen and oxygen atoms in total. The lowest BCUT2D eigenvalue weighted by Gasteiger charge is -2.33. The van der Waals surface area contributed by atoms with Gasteiger partial charge in [-0.15, -0.1) is 0 Å². The first-order valence-electron chi connectivity index (χ1n) is 8.02. The maximum atomic E-state index is 12.8. The van der Waals surface area contributed by atoms with Gasteiger partial charge in [-0.05, 0) is 23.5 Å². The Kier molecular flexibility index (Phi) is 4.38. The van der Waals surface area contributed by atoms with E-state index in [1.54, 1.807) is 6.07 Å². The summed E-state index contributed by atoms with van der Waals surface area (Å²) >= 11 is 0. The van der Waals surface area contributed by atoms with E-state index in [-0.39, 0.29) is 12.3 Å². The lowest BCUT2D eigenvalue weighted by Crippen LogP contribution is -2.48. The number of nitrogens with zero attached hydrogens (tertiary/aromatic N) is 2. The van der Waals surface area contributed by atoms with Gasteiger partial charge >= 0.3 is 5.97 Å². The predicted molar refractivity (Wildman–Crippen MR) is 86.5 cm³/mol. The van der Waals surface area contributed by atoms with Crippen LogP contribution in [0, 0.1) is 5.92 Å². The van der Waals surface area contributed by atoms with Crippen molar-refractivity contribution in [1.29, 1.82) is 0 Å². The van der Waals surface area contributed by atoms with Crippen molar-refractivity contribution in [3.05, 3.63) is 52.9 Å². The molecular weight excluding hydrogens is 308 g/mol. The molecule has 1 amide bonds. The van der Waals surface area contributed by atoms with Crippen LogP contribution < -0.4 is 0 Å². The Balaban J connectivity index is 1.87. The second-order valence-corrected chi connectivity index (χ2v) is 6.54. The van der Waals surface area contributed by atoms with Crippen molar-refractivity contribution in [2.45, 2.75) is 39.3 Å². The van der Waals surface area contributed by atoms with Gasteiger partial charge in [-0.1, -0.05) is 43.3 Å². The van der Waals surface area contributed by atoms with Gasteiger partial charge in [0.05, 0.1) is 5.69 Å². The lowest BCUT2D eigenvalue weighted by atomic mass is 9.93. The van der Waals surface area contributed by atoms with E-state index in [4.69, 9.17) is 4.52 Å². The first kappa shape index (κ1) is 16.2. The molecule has 0 fully saturated rings. The van der Waals surface area contributed by atoms with Crippen LogP contribution in [-0.4, -0.2) is 33.1 Å². The van der Waals surface area contributed by atoms with Gasteiger partial charge in [0.25, 0.3) is 5.91 Å². The summed E-state index contributed by atoms with van der Waals surface area (Å²) in [6.45, 7) is 4.36. The molecule has 1 N–H and O–H groups in total. The number of fused-ring (bicyclic) bond motifs is 1. The minimum Gasteiger partial charge on any atom is -0.480 e. The molecule has 2 heterocycles. The summed E-state index contributed by atoms with van der Waals surface area (Å²) in [4.78, 5) is 25.7. The fraction of sp³-hybridized carbons (Fsp3) is 0.389. The second kappa shape index (κ2) is 6.47. The highest BCUT2D eigenvalue weighted by molar-refractivity contribution is 5.94. The molecule has 3 rings (SSSR count). The average molecular weight is 328 g/mol. The smallest absolute Gasteiger partial charge is 0.326 e. The maximum Gasteiger partial charge on any atom is 0.326 e. The fourth-order valence-corrected chi connectivity index (χ4v) is 3.03. The highest BCUT2D eigenvalue weighted by atomic mass is 16.5. The van der Waals surface area contributed by atoms with Crippen LogP contribution in [0.5, 0.6) is 0 Å². The number of hydrogen-bond donors (Lipinski definition) is 1. The van der Waals surface area contributed by atoms with Gasteiger partial charge in [-0.25, -0.2) is 4.79 Å². The van der Waals surface area contributed by atoms with Crippen LogP contribution >= 0.6 is 0 Å². The summed E-state index contributed by atoms with van der Waals surface area (Å²) in [6, 6.07) is 8.30. The van der Waals surface area contributed by atoms with E-state index in [1.165, 1.54) is 4.90 Å². The van der Waals surface area contributed by atoms with Crippen LogP contribution in [0.25, 0.3) is 0 Å². The lowest BCUT2D eigenvalue weighted by molar-refractivity contribution is -0.142. The number of carboxylic acid groups (broad SMARTS) is 1. The highest BCUT2D eigenvalue weighted by Crippen LogP contribution is 2.25. The minimum atomic E-state index is -1.01. The zero-order valence-corrected chi connectivity index (χ0v) is 13.7. The molecule has 0 bridgehead atoms. The van der Waals surface area contributed by atoms with Gasteiger partial charge in [-0.2, -0.15) is 0 Å². The molecule has 0 radical (unpaired) electrons. The molecule has 0 saturated carbocycles. The van der Waals surface area contributed by atoms with Crippen molar-refractivity contribution in [3.8, 4) is 0 Å². The van der Waals surface area contributed by atoms with Gasteiger partial charge in [0.15, 0.2) is 0 Å². The van der Waals surface area contributed by atoms with E-state index in [1.807, 2.05) is 24.3 Å². The summed E-state index contributed by atoms with van der Waals surface area (Å²) in [7, 11) is 0. The Hall–Kier alpha value is -2.63. The van der Waals surface area contributed by atoms with Crippen molar-refractivity contribution in [3.63, 3.8) is 0 Å². The Morgan fingerprint density at radius 3 is 2.71 bits per heavy atom. The molecule has 1 aliphatic heterocycles. The third kappa shape index (κ3) is 3.18. The number of amides is 1. The van der Waals surface area contributed by atoms with E-state index in [0.29, 0.717) is 24.5 Å². The van der Waals surface area contributed by atoms with E-state index in [2.05, 4.69) is 19.0 Å². The summed E-state index contributed by atoms with van der Waals surface area (Å²) in [6.07, 6.45) is 1.01. The van der Waals surface area contributed by atoms with Crippen LogP contribution in [0.4, 0.5) is 0 Å². The zero-order valence-electron chi connectivity index (χ0n) is 13.7. The molecule has 1 aliphatic rings. The van der Waals surface area contributed by atoms with Gasteiger partial charge < -0.3 is 14.5 Å². The molecule has 126 valence electrons. The van der Waals surface area contributed by atoms with Crippen molar-refractivity contribution in [1.82, 2.24) is 10.1 Å². The minimum absolute atomic E-state index is 0.0938. The number of carbonyl (C=O) groups is 2. The summed E-state index contributed by atoms with van der Waals surface area (Å²) in [5.74, 6) is -0.956. The largest absolute Gasteiger partial charge is 0.480 e. The quantitative estimate of drug-likeness (QED) is 0.932. The highest BCUT2D eigenvalue weighted by Gasteiger charge is 2.36. The molecule has 1 aromatic heterocycles. The number of carbonyl (C=O) groups excluding carboxylic acids is 1. The Labute approximate surface area is 140 Å². The van der Waals surface area contributed by atoms with Gasteiger partial charge in [0.2, 0.25) is 5.76 Å². The molecule has 2 aromatic rings. The van der Waals surface area contributed by atoms with Crippen molar-refractivity contribution in [2.24, 2.45) is 5.92 Å². The van der Waals surface area contributed by atoms with Crippen LogP contribution in [0.1, 0.15) is 41.2 Å². The number of aromatic nitrogens is 1. The molecule has 0 unspecified atom stereocenters. The topological polar surface area (TPSA) is 83.6 Å². The number of aliphatic carboxylic acids is 1. The summed E-state index contributed by atoms with van der Waals surface area (Å²) < 4.78 is 5.16. The van der Waals surface area contributed by atoms with E-state index in [9.17, 15) is 14.7 Å². The SMILES string of the molecule is CC(C)Cc1cc(C(=O)N2Cc3ccccc3C[C@@H]2C(=O)O)on1. The number of carboxylic acids is 1. The van der Waals surface area contributed by atoms with Crippen LogP contribution in [-0.2, 0) is 24.2 Å². The van der Waals surface area contributed by atoms with Gasteiger partial charge in [0.1, 0.15) is 6.04 Å². The monoisotopic (exact) mass is 328 g/mol.